The van der Waals surface area contributed by atoms with Crippen molar-refractivity contribution in [1.82, 2.24) is 0 Å². The number of hydrogen-bond acceptors (Lipinski definition) is 3. The number of carbonyl (C=O) groups is 1. The average Bonchev–Trinajstić information content (AvgIpc) is 2.45. The maximum atomic E-state index is 11.9. The molecule has 0 saturated carbocycles. The highest BCUT2D eigenvalue weighted by atomic mass is 79.9. The molecule has 3 nitrogen and oxygen atoms in total. The van der Waals surface area contributed by atoms with Gasteiger partial charge < -0.3 is 9.47 Å². The molecule has 2 aromatic rings. The molecule has 20 heavy (non-hydrogen) atoms. The zero-order valence-corrected chi connectivity index (χ0v) is 12.9. The molecule has 0 amide bonds. The molecule has 0 aliphatic heterocycles. The van der Waals surface area contributed by atoms with Gasteiger partial charge in [0.15, 0.2) is 0 Å². The second-order valence-corrected chi connectivity index (χ2v) is 5.31. The highest BCUT2D eigenvalue weighted by Gasteiger charge is 2.10. The van der Waals surface area contributed by atoms with E-state index in [1.165, 1.54) is 0 Å². The normalized spacial score (nSPS) is 10.2. The van der Waals surface area contributed by atoms with E-state index in [4.69, 9.17) is 9.47 Å². The molecule has 2 rings (SSSR count). The third-order valence-electron chi connectivity index (χ3n) is 2.89. The minimum Gasteiger partial charge on any atom is -0.496 e. The fraction of sp³-hybridized carbons (Fsp3) is 0.188. The van der Waals surface area contributed by atoms with E-state index in [0.717, 1.165) is 15.6 Å². The minimum absolute atomic E-state index is 0.176. The van der Waals surface area contributed by atoms with Gasteiger partial charge in [0.2, 0.25) is 0 Å². The summed E-state index contributed by atoms with van der Waals surface area (Å²) >= 11 is 3.39. The largest absolute Gasteiger partial charge is 0.496 e. The van der Waals surface area contributed by atoms with E-state index in [2.05, 4.69) is 15.9 Å². The predicted octanol–water partition coefficient (Wildman–Crippen LogP) is 4.12. The van der Waals surface area contributed by atoms with Crippen LogP contribution in [-0.4, -0.2) is 13.1 Å². The first-order chi connectivity index (χ1) is 9.60. The fourth-order valence-electron chi connectivity index (χ4n) is 1.78. The Kier molecular flexibility index (Phi) is 4.79. The van der Waals surface area contributed by atoms with Crippen LogP contribution in [0.3, 0.4) is 0 Å². The lowest BCUT2D eigenvalue weighted by Gasteiger charge is -2.10. The second-order valence-electron chi connectivity index (χ2n) is 4.40. The summed E-state index contributed by atoms with van der Waals surface area (Å²) in [4.78, 5) is 11.9. The summed E-state index contributed by atoms with van der Waals surface area (Å²) in [7, 11) is 1.59. The van der Waals surface area contributed by atoms with Crippen molar-refractivity contribution in [2.45, 2.75) is 13.5 Å². The first kappa shape index (κ1) is 14.6. The maximum absolute atomic E-state index is 11.9. The van der Waals surface area contributed by atoms with Gasteiger partial charge in [0.25, 0.3) is 0 Å². The molecule has 0 heterocycles. The number of benzene rings is 2. The Labute approximate surface area is 126 Å². The van der Waals surface area contributed by atoms with Crippen LogP contribution in [0, 0.1) is 6.92 Å². The number of halogens is 1. The van der Waals surface area contributed by atoms with E-state index in [1.54, 1.807) is 19.2 Å². The lowest BCUT2D eigenvalue weighted by atomic mass is 10.1. The van der Waals surface area contributed by atoms with E-state index >= 15 is 0 Å². The van der Waals surface area contributed by atoms with Crippen LogP contribution in [0.15, 0.2) is 46.9 Å². The van der Waals surface area contributed by atoms with Gasteiger partial charge in [-0.1, -0.05) is 33.6 Å². The predicted molar refractivity (Wildman–Crippen MR) is 81.0 cm³/mol. The van der Waals surface area contributed by atoms with E-state index in [-0.39, 0.29) is 12.6 Å². The molecule has 0 aliphatic carbocycles. The Balaban J connectivity index is 2.06. The van der Waals surface area contributed by atoms with E-state index in [1.807, 2.05) is 37.3 Å². The van der Waals surface area contributed by atoms with Crippen molar-refractivity contribution in [2.24, 2.45) is 0 Å². The number of ether oxygens (including phenoxy) is 2. The number of carbonyl (C=O) groups excluding carboxylic acids is 1. The fourth-order valence-corrected chi connectivity index (χ4v) is 2.18. The molecule has 0 atom stereocenters. The lowest BCUT2D eigenvalue weighted by molar-refractivity contribution is 0.0470. The number of esters is 1. The zero-order valence-electron chi connectivity index (χ0n) is 11.4. The van der Waals surface area contributed by atoms with Crippen LogP contribution in [0.5, 0.6) is 5.75 Å². The molecule has 0 fully saturated rings. The Hall–Kier alpha value is -1.81. The van der Waals surface area contributed by atoms with E-state index in [9.17, 15) is 4.79 Å². The standard InChI is InChI=1S/C16H15BrO3/c1-11-3-5-12(6-4-11)16(18)20-10-13-9-14(17)7-8-15(13)19-2/h3-9H,10H2,1-2H3. The zero-order chi connectivity index (χ0) is 14.5. The average molecular weight is 335 g/mol. The van der Waals surface area contributed by atoms with E-state index in [0.29, 0.717) is 11.3 Å². The van der Waals surface area contributed by atoms with Crippen molar-refractivity contribution in [1.29, 1.82) is 0 Å². The number of aryl methyl sites for hydroxylation is 1. The number of methoxy groups -OCH3 is 1. The highest BCUT2D eigenvalue weighted by molar-refractivity contribution is 9.10. The monoisotopic (exact) mass is 334 g/mol. The molecular formula is C16H15BrO3. The lowest BCUT2D eigenvalue weighted by Crippen LogP contribution is -2.06. The summed E-state index contributed by atoms with van der Waals surface area (Å²) in [6.07, 6.45) is 0. The van der Waals surface area contributed by atoms with Gasteiger partial charge in [-0.2, -0.15) is 0 Å². The Morgan fingerprint density at radius 2 is 1.85 bits per heavy atom. The molecule has 2 aromatic carbocycles. The molecule has 0 bridgehead atoms. The molecule has 0 N–H and O–H groups in total. The van der Waals surface area contributed by atoms with Crippen LogP contribution >= 0.6 is 15.9 Å². The summed E-state index contributed by atoms with van der Waals surface area (Å²) in [6.45, 7) is 2.15. The summed E-state index contributed by atoms with van der Waals surface area (Å²) in [5.41, 5.74) is 2.47. The van der Waals surface area contributed by atoms with Gasteiger partial charge in [0.1, 0.15) is 12.4 Å². The molecule has 4 heteroatoms. The van der Waals surface area contributed by atoms with E-state index < -0.39 is 0 Å². The molecule has 0 aromatic heterocycles. The van der Waals surface area contributed by atoms with Gasteiger partial charge in [0.05, 0.1) is 12.7 Å². The Morgan fingerprint density at radius 3 is 2.50 bits per heavy atom. The van der Waals surface area contributed by atoms with Crippen molar-refractivity contribution < 1.29 is 14.3 Å². The Bertz CT molecular complexity index is 606. The highest BCUT2D eigenvalue weighted by Crippen LogP contribution is 2.24. The first-order valence-corrected chi connectivity index (χ1v) is 6.95. The quantitative estimate of drug-likeness (QED) is 0.789. The number of rotatable bonds is 4. The van der Waals surface area contributed by atoms with Crippen LogP contribution in [0.4, 0.5) is 0 Å². The van der Waals surface area contributed by atoms with Gasteiger partial charge in [-0.25, -0.2) is 4.79 Å². The van der Waals surface area contributed by atoms with Gasteiger partial charge in [-0.15, -0.1) is 0 Å². The van der Waals surface area contributed by atoms with Crippen LogP contribution < -0.4 is 4.74 Å². The van der Waals surface area contributed by atoms with Crippen LogP contribution in [0.2, 0.25) is 0 Å². The van der Waals surface area contributed by atoms with Gasteiger partial charge >= 0.3 is 5.97 Å². The minimum atomic E-state index is -0.341. The van der Waals surface area contributed by atoms with Crippen molar-refractivity contribution in [2.75, 3.05) is 7.11 Å². The molecule has 0 aliphatic rings. The third-order valence-corrected chi connectivity index (χ3v) is 3.38. The van der Waals surface area contributed by atoms with Crippen LogP contribution in [0.1, 0.15) is 21.5 Å². The van der Waals surface area contributed by atoms with Crippen molar-refractivity contribution in [3.63, 3.8) is 0 Å². The summed E-state index contributed by atoms with van der Waals surface area (Å²) in [6, 6.07) is 12.9. The summed E-state index contributed by atoms with van der Waals surface area (Å²) in [5, 5.41) is 0. The SMILES string of the molecule is COc1ccc(Br)cc1COC(=O)c1ccc(C)cc1. The van der Waals surface area contributed by atoms with Gasteiger partial charge in [0, 0.05) is 10.0 Å². The van der Waals surface area contributed by atoms with Crippen LogP contribution in [-0.2, 0) is 11.3 Å². The third kappa shape index (κ3) is 3.61. The summed E-state index contributed by atoms with van der Waals surface area (Å²) in [5.74, 6) is 0.358. The smallest absolute Gasteiger partial charge is 0.338 e. The second kappa shape index (κ2) is 6.57. The molecule has 0 spiro atoms. The maximum Gasteiger partial charge on any atom is 0.338 e. The Morgan fingerprint density at radius 1 is 1.15 bits per heavy atom. The molecule has 0 radical (unpaired) electrons. The summed E-state index contributed by atoms with van der Waals surface area (Å²) < 4.78 is 11.5. The number of hydrogen-bond donors (Lipinski definition) is 0. The van der Waals surface area contributed by atoms with Gasteiger partial charge in [-0.3, -0.25) is 0 Å². The molecule has 0 saturated heterocycles. The van der Waals surface area contributed by atoms with Crippen LogP contribution in [0.25, 0.3) is 0 Å². The first-order valence-electron chi connectivity index (χ1n) is 6.16. The molecule has 0 unspecified atom stereocenters. The van der Waals surface area contributed by atoms with Gasteiger partial charge in [-0.05, 0) is 37.3 Å². The van der Waals surface area contributed by atoms with Crippen molar-refractivity contribution >= 4 is 21.9 Å². The molecular weight excluding hydrogens is 320 g/mol. The molecule has 104 valence electrons. The van der Waals surface area contributed by atoms with Crippen molar-refractivity contribution in [3.8, 4) is 5.75 Å². The van der Waals surface area contributed by atoms with Crippen molar-refractivity contribution in [3.05, 3.63) is 63.6 Å². The topological polar surface area (TPSA) is 35.5 Å².